The molecule has 8 nitrogen and oxygen atoms in total. The van der Waals surface area contributed by atoms with Crippen LogP contribution in [0.3, 0.4) is 0 Å². The fourth-order valence-corrected chi connectivity index (χ4v) is 4.19. The van der Waals surface area contributed by atoms with Crippen molar-refractivity contribution in [1.82, 2.24) is 14.8 Å². The molecule has 4 rings (SSSR count). The first-order chi connectivity index (χ1) is 13.6. The Hall–Kier alpha value is -2.68. The van der Waals surface area contributed by atoms with Gasteiger partial charge in [0, 0.05) is 12.1 Å². The van der Waals surface area contributed by atoms with Crippen molar-refractivity contribution in [2.24, 2.45) is 5.92 Å². The number of Topliss-reactive ketones (excluding diaryl/α,β-unsaturated/α-hetero) is 1. The molecule has 148 valence electrons. The molecule has 0 unspecified atom stereocenters. The van der Waals surface area contributed by atoms with E-state index in [1.807, 2.05) is 18.4 Å². The summed E-state index contributed by atoms with van der Waals surface area (Å²) in [6.07, 6.45) is 5.24. The monoisotopic (exact) mass is 402 g/mol. The van der Waals surface area contributed by atoms with Crippen LogP contribution < -0.4 is 19.5 Å². The van der Waals surface area contributed by atoms with E-state index in [1.54, 1.807) is 26.0 Å². The van der Waals surface area contributed by atoms with Gasteiger partial charge in [-0.2, -0.15) is 4.98 Å². The van der Waals surface area contributed by atoms with E-state index in [0.29, 0.717) is 34.8 Å². The van der Waals surface area contributed by atoms with Crippen molar-refractivity contribution in [2.75, 3.05) is 32.9 Å². The topological polar surface area (TPSA) is 87.5 Å². The van der Waals surface area contributed by atoms with Gasteiger partial charge >= 0.3 is 0 Å². The maximum absolute atomic E-state index is 12.9. The Morgan fingerprint density at radius 3 is 2.50 bits per heavy atom. The van der Waals surface area contributed by atoms with Gasteiger partial charge in [0.1, 0.15) is 5.78 Å². The van der Waals surface area contributed by atoms with E-state index in [2.05, 4.69) is 21.5 Å². The van der Waals surface area contributed by atoms with Gasteiger partial charge < -0.3 is 19.5 Å². The van der Waals surface area contributed by atoms with E-state index in [0.717, 1.165) is 17.7 Å². The highest BCUT2D eigenvalue weighted by molar-refractivity contribution is 7.98. The number of nitrogens with one attached hydrogen (secondary N) is 1. The van der Waals surface area contributed by atoms with Gasteiger partial charge in [0.15, 0.2) is 11.5 Å². The molecule has 2 atom stereocenters. The third-order valence-corrected chi connectivity index (χ3v) is 5.63. The van der Waals surface area contributed by atoms with Crippen molar-refractivity contribution in [2.45, 2.75) is 24.0 Å². The molecule has 0 amide bonds. The maximum atomic E-state index is 12.9. The van der Waals surface area contributed by atoms with Crippen LogP contribution in [-0.4, -0.2) is 48.1 Å². The second-order valence-electron chi connectivity index (χ2n) is 6.54. The average Bonchev–Trinajstić information content (AvgIpc) is 3.14. The lowest BCUT2D eigenvalue weighted by Crippen LogP contribution is -2.38. The lowest BCUT2D eigenvalue weighted by atomic mass is 9.80. The Kier molecular flexibility index (Phi) is 4.92. The third-order valence-electron chi connectivity index (χ3n) is 5.10. The van der Waals surface area contributed by atoms with E-state index in [1.165, 1.54) is 11.8 Å². The van der Waals surface area contributed by atoms with Crippen molar-refractivity contribution in [3.63, 3.8) is 0 Å². The van der Waals surface area contributed by atoms with Crippen LogP contribution in [0.4, 0.5) is 5.95 Å². The highest BCUT2D eigenvalue weighted by atomic mass is 32.2. The van der Waals surface area contributed by atoms with Crippen molar-refractivity contribution < 1.29 is 19.0 Å². The summed E-state index contributed by atoms with van der Waals surface area (Å²) < 4.78 is 18.3. The van der Waals surface area contributed by atoms with Crippen LogP contribution >= 0.6 is 11.8 Å². The lowest BCUT2D eigenvalue weighted by molar-refractivity contribution is -0.123. The number of benzene rings is 1. The molecular weight excluding hydrogens is 380 g/mol. The van der Waals surface area contributed by atoms with Crippen LogP contribution in [0.5, 0.6) is 17.2 Å². The molecule has 0 saturated carbocycles. The van der Waals surface area contributed by atoms with Crippen LogP contribution in [0, 0.1) is 5.92 Å². The molecule has 1 aromatic carbocycles. The molecule has 0 radical (unpaired) electrons. The number of thioether (sulfide) groups is 1. The molecule has 1 N–H and O–H groups in total. The van der Waals surface area contributed by atoms with Crippen LogP contribution in [0.1, 0.15) is 24.4 Å². The van der Waals surface area contributed by atoms with E-state index in [4.69, 9.17) is 14.2 Å². The number of nitrogens with zero attached hydrogens (tertiary/aromatic N) is 3. The largest absolute Gasteiger partial charge is 0.493 e. The summed E-state index contributed by atoms with van der Waals surface area (Å²) in [6.45, 7) is 0. The normalized spacial score (nSPS) is 20.6. The van der Waals surface area contributed by atoms with Gasteiger partial charge in [0.2, 0.25) is 16.9 Å². The second kappa shape index (κ2) is 7.38. The zero-order valence-electron chi connectivity index (χ0n) is 16.2. The van der Waals surface area contributed by atoms with Crippen molar-refractivity contribution in [1.29, 1.82) is 0 Å². The number of rotatable bonds is 5. The number of allylic oxidation sites excluding steroid dienone is 2. The first-order valence-electron chi connectivity index (χ1n) is 8.91. The predicted octanol–water partition coefficient (Wildman–Crippen LogP) is 2.90. The Labute approximate surface area is 167 Å². The summed E-state index contributed by atoms with van der Waals surface area (Å²) in [6, 6.07) is 3.40. The summed E-state index contributed by atoms with van der Waals surface area (Å²) in [5, 5.41) is 8.56. The fraction of sp³-hybridized carbons (Fsp3) is 0.421. The molecule has 0 saturated heterocycles. The van der Waals surface area contributed by atoms with E-state index in [9.17, 15) is 4.79 Å². The molecule has 1 aliphatic carbocycles. The number of anilines is 1. The Balaban J connectivity index is 1.93. The Bertz CT molecular complexity index is 930. The lowest BCUT2D eigenvalue weighted by Gasteiger charge is -2.36. The summed E-state index contributed by atoms with van der Waals surface area (Å²) in [7, 11) is 4.72. The minimum Gasteiger partial charge on any atom is -0.493 e. The Morgan fingerprint density at radius 2 is 1.89 bits per heavy atom. The van der Waals surface area contributed by atoms with E-state index >= 15 is 0 Å². The van der Waals surface area contributed by atoms with E-state index in [-0.39, 0.29) is 17.7 Å². The van der Waals surface area contributed by atoms with Gasteiger partial charge in [-0.3, -0.25) is 4.79 Å². The third kappa shape index (κ3) is 2.90. The number of fused-ring (bicyclic) bond motifs is 2. The van der Waals surface area contributed by atoms with Crippen molar-refractivity contribution in [3.05, 3.63) is 29.5 Å². The van der Waals surface area contributed by atoms with E-state index < -0.39 is 0 Å². The number of hydrogen-bond donors (Lipinski definition) is 1. The average molecular weight is 402 g/mol. The molecule has 9 heteroatoms. The molecule has 1 aliphatic heterocycles. The molecule has 28 heavy (non-hydrogen) atoms. The number of methoxy groups -OCH3 is 3. The summed E-state index contributed by atoms with van der Waals surface area (Å²) >= 11 is 1.46. The standard InChI is InChI=1S/C19H22N4O4S/c1-25-13-8-10(9-14(26-2)17(13)27-3)16-15-11(6-5-7-12(15)24)20-18-21-19(28-4)22-23(16)18/h6,8-9,15-16H,5,7H2,1-4H3,(H,20,21,22)/t15-,16-/m0/s1. The molecule has 2 aromatic rings. The smallest absolute Gasteiger partial charge is 0.227 e. The summed E-state index contributed by atoms with van der Waals surface area (Å²) in [5.41, 5.74) is 1.73. The highest BCUT2D eigenvalue weighted by Gasteiger charge is 2.42. The SMILES string of the molecule is COc1cc([C@H]2[C@@H]3C(=O)CCC=C3Nc3nc(SC)nn32)cc(OC)c1OC. The maximum Gasteiger partial charge on any atom is 0.227 e. The van der Waals surface area contributed by atoms with Gasteiger partial charge in [-0.1, -0.05) is 17.8 Å². The van der Waals surface area contributed by atoms with Crippen LogP contribution in [0.25, 0.3) is 0 Å². The Morgan fingerprint density at radius 1 is 1.18 bits per heavy atom. The molecule has 0 bridgehead atoms. The van der Waals surface area contributed by atoms with Gasteiger partial charge in [-0.05, 0) is 30.4 Å². The zero-order chi connectivity index (χ0) is 19.8. The van der Waals surface area contributed by atoms with Gasteiger partial charge in [0.05, 0.1) is 33.3 Å². The molecule has 2 aliphatic rings. The predicted molar refractivity (Wildman–Crippen MR) is 105 cm³/mol. The van der Waals surface area contributed by atoms with Crippen molar-refractivity contribution in [3.8, 4) is 17.2 Å². The molecule has 0 spiro atoms. The zero-order valence-corrected chi connectivity index (χ0v) is 17.0. The van der Waals surface area contributed by atoms with Crippen LogP contribution in [0.15, 0.2) is 29.1 Å². The summed E-state index contributed by atoms with van der Waals surface area (Å²) in [5.74, 6) is 2.03. The molecular formula is C19H22N4O4S. The van der Waals surface area contributed by atoms with Gasteiger partial charge in [0.25, 0.3) is 0 Å². The number of hydrogen-bond acceptors (Lipinski definition) is 8. The highest BCUT2D eigenvalue weighted by Crippen LogP contribution is 2.46. The van der Waals surface area contributed by atoms with Gasteiger partial charge in [-0.15, -0.1) is 5.10 Å². The molecule has 1 aromatic heterocycles. The minimum atomic E-state index is -0.361. The number of aromatic nitrogens is 3. The number of ether oxygens (including phenoxy) is 3. The first kappa shape index (κ1) is 18.7. The molecule has 0 fully saturated rings. The summed E-state index contributed by atoms with van der Waals surface area (Å²) in [4.78, 5) is 17.4. The van der Waals surface area contributed by atoms with Crippen LogP contribution in [0.2, 0.25) is 0 Å². The van der Waals surface area contributed by atoms with Crippen molar-refractivity contribution >= 4 is 23.5 Å². The number of carbonyl (C=O) groups excluding carboxylic acids is 1. The fourth-order valence-electron chi connectivity index (χ4n) is 3.85. The first-order valence-corrected chi connectivity index (χ1v) is 10.1. The minimum absolute atomic E-state index is 0.176. The van der Waals surface area contributed by atoms with Crippen LogP contribution in [-0.2, 0) is 4.79 Å². The molecule has 2 heterocycles. The van der Waals surface area contributed by atoms with Gasteiger partial charge in [-0.25, -0.2) is 4.68 Å². The second-order valence-corrected chi connectivity index (χ2v) is 7.31. The number of carbonyl (C=O) groups is 1. The number of ketones is 1. The quantitative estimate of drug-likeness (QED) is 0.764.